The second-order valence-corrected chi connectivity index (χ2v) is 7.94. The minimum atomic E-state index is 0.816. The van der Waals surface area contributed by atoms with Crippen molar-refractivity contribution in [2.24, 2.45) is 0 Å². The maximum Gasteiger partial charge on any atom is 0.0628 e. The van der Waals surface area contributed by atoms with E-state index in [0.717, 1.165) is 16.2 Å². The highest BCUT2D eigenvalue weighted by molar-refractivity contribution is 7.90. The van der Waals surface area contributed by atoms with Crippen LogP contribution in [0.3, 0.4) is 0 Å². The first kappa shape index (κ1) is 13.9. The van der Waals surface area contributed by atoms with Crippen LogP contribution in [0.15, 0.2) is 54.1 Å². The summed E-state index contributed by atoms with van der Waals surface area (Å²) in [6.07, 6.45) is 1.03. The van der Waals surface area contributed by atoms with Gasteiger partial charge in [-0.25, -0.2) is 0 Å². The molecule has 0 N–H and O–H groups in total. The molecule has 3 heterocycles. The van der Waals surface area contributed by atoms with Crippen LogP contribution in [-0.4, -0.2) is 0 Å². The molecule has 0 saturated carbocycles. The Morgan fingerprint density at radius 2 is 1.85 bits per heavy atom. The zero-order chi connectivity index (χ0) is 13.9. The van der Waals surface area contributed by atoms with Crippen LogP contribution in [0, 0.1) is 0 Å². The molecule has 0 saturated heterocycles. The molecule has 0 aliphatic heterocycles. The molecule has 3 rings (SSSR count). The number of thiophene rings is 3. The molecule has 3 aromatic rings. The Bertz CT molecular complexity index is 752. The average Bonchev–Trinajstić information content (AvgIpc) is 3.18. The smallest absolute Gasteiger partial charge is 0.0628 e. The third kappa shape index (κ3) is 3.00. The van der Waals surface area contributed by atoms with Crippen LogP contribution in [0.4, 0.5) is 0 Å². The third-order valence-electron chi connectivity index (χ3n) is 2.84. The van der Waals surface area contributed by atoms with E-state index in [1.165, 1.54) is 19.5 Å². The van der Waals surface area contributed by atoms with E-state index in [9.17, 15) is 0 Å². The van der Waals surface area contributed by atoms with Gasteiger partial charge < -0.3 is 0 Å². The highest BCUT2D eigenvalue weighted by atomic mass is 32.1. The van der Waals surface area contributed by atoms with Gasteiger partial charge in [0.2, 0.25) is 0 Å². The molecule has 0 fully saturated rings. The Labute approximate surface area is 136 Å². The van der Waals surface area contributed by atoms with E-state index in [0.29, 0.717) is 0 Å². The molecule has 0 atom stereocenters. The van der Waals surface area contributed by atoms with Crippen molar-refractivity contribution in [3.05, 3.63) is 68.7 Å². The van der Waals surface area contributed by atoms with Crippen LogP contribution in [0.25, 0.3) is 14.7 Å². The fourth-order valence-electron chi connectivity index (χ4n) is 1.87. The van der Waals surface area contributed by atoms with E-state index < -0.39 is 0 Å². The van der Waals surface area contributed by atoms with Gasteiger partial charge in [-0.2, -0.15) is 0 Å². The van der Waals surface area contributed by atoms with Crippen LogP contribution < -0.4 is 0 Å². The molecule has 0 amide bonds. The van der Waals surface area contributed by atoms with Crippen molar-refractivity contribution in [1.29, 1.82) is 0 Å². The van der Waals surface area contributed by atoms with Gasteiger partial charge in [-0.15, -0.1) is 52.4 Å². The fourth-order valence-corrected chi connectivity index (χ4v) is 4.95. The zero-order valence-corrected chi connectivity index (χ0v) is 14.0. The molecule has 0 aromatic carbocycles. The van der Waals surface area contributed by atoms with Crippen molar-refractivity contribution in [1.82, 2.24) is 0 Å². The lowest BCUT2D eigenvalue weighted by molar-refractivity contribution is 1.31. The van der Waals surface area contributed by atoms with Gasteiger partial charge in [0, 0.05) is 30.8 Å². The van der Waals surface area contributed by atoms with Crippen molar-refractivity contribution in [3.8, 4) is 9.75 Å². The number of rotatable bonds is 4. The summed E-state index contributed by atoms with van der Waals surface area (Å²) < 4.78 is 0. The molecule has 4 heteroatoms. The first-order chi connectivity index (χ1) is 9.76. The van der Waals surface area contributed by atoms with Crippen molar-refractivity contribution in [2.45, 2.75) is 6.42 Å². The summed E-state index contributed by atoms with van der Waals surface area (Å²) in [4.78, 5) is 7.35. The monoisotopic (exact) mass is 332 g/mol. The van der Waals surface area contributed by atoms with Crippen molar-refractivity contribution in [2.75, 3.05) is 0 Å². The molecule has 0 aliphatic rings. The van der Waals surface area contributed by atoms with Crippen LogP contribution in [0.1, 0.15) is 14.6 Å². The first-order valence-electron chi connectivity index (χ1n) is 6.07. The molecule has 100 valence electrons. The Balaban J connectivity index is 1.83. The van der Waals surface area contributed by atoms with Crippen LogP contribution in [0.5, 0.6) is 0 Å². The molecule has 20 heavy (non-hydrogen) atoms. The second-order valence-electron chi connectivity index (χ2n) is 4.21. The van der Waals surface area contributed by atoms with Gasteiger partial charge in [-0.1, -0.05) is 12.6 Å². The van der Waals surface area contributed by atoms with E-state index in [1.54, 1.807) is 11.3 Å². The van der Waals surface area contributed by atoms with Gasteiger partial charge in [0.05, 0.1) is 4.91 Å². The Hall–Kier alpha value is -1.03. The quantitative estimate of drug-likeness (QED) is 0.428. The lowest BCUT2D eigenvalue weighted by atomic mass is 10.3. The van der Waals surface area contributed by atoms with E-state index >= 15 is 0 Å². The molecule has 0 spiro atoms. The van der Waals surface area contributed by atoms with Gasteiger partial charge in [0.15, 0.2) is 0 Å². The van der Waals surface area contributed by atoms with Crippen molar-refractivity contribution >= 4 is 51.5 Å². The normalized spacial score (nSPS) is 10.4. The zero-order valence-electron chi connectivity index (χ0n) is 10.6. The van der Waals surface area contributed by atoms with Crippen LogP contribution in [0.2, 0.25) is 0 Å². The third-order valence-corrected chi connectivity index (χ3v) is 6.65. The van der Waals surface area contributed by atoms with Crippen LogP contribution in [-0.2, 0) is 6.42 Å². The maximum atomic E-state index is 4.37. The lowest BCUT2D eigenvalue weighted by Gasteiger charge is -1.93. The summed E-state index contributed by atoms with van der Waals surface area (Å²) in [5.41, 5.74) is 2.83. The van der Waals surface area contributed by atoms with Crippen LogP contribution >= 0.6 is 46.6 Å². The van der Waals surface area contributed by atoms with E-state index in [4.69, 9.17) is 0 Å². The van der Waals surface area contributed by atoms with Gasteiger partial charge in [-0.05, 0) is 35.7 Å². The summed E-state index contributed by atoms with van der Waals surface area (Å²) in [5, 5.41) is 2.13. The van der Waals surface area contributed by atoms with Gasteiger partial charge in [-0.3, -0.25) is 0 Å². The van der Waals surface area contributed by atoms with E-state index in [1.807, 2.05) is 22.7 Å². The Morgan fingerprint density at radius 1 is 1.05 bits per heavy atom. The van der Waals surface area contributed by atoms with Gasteiger partial charge in [0.25, 0.3) is 0 Å². The SMILES string of the molecule is C=C=C(S)c1ccc(-c2ccc(Cc3cccs3)s2)s1. The van der Waals surface area contributed by atoms with Crippen molar-refractivity contribution in [3.63, 3.8) is 0 Å². The first-order valence-corrected chi connectivity index (χ1v) is 9.03. The molecule has 0 radical (unpaired) electrons. The molecule has 0 aliphatic carbocycles. The lowest BCUT2D eigenvalue weighted by Crippen LogP contribution is -1.76. The highest BCUT2D eigenvalue weighted by Gasteiger charge is 2.08. The Kier molecular flexibility index (Phi) is 4.29. The molecular weight excluding hydrogens is 320 g/mol. The van der Waals surface area contributed by atoms with Gasteiger partial charge in [0.1, 0.15) is 0 Å². The number of thiol groups is 1. The number of hydrogen-bond acceptors (Lipinski definition) is 4. The summed E-state index contributed by atoms with van der Waals surface area (Å²) in [6.45, 7) is 3.64. The topological polar surface area (TPSA) is 0 Å². The summed E-state index contributed by atoms with van der Waals surface area (Å²) in [6, 6.07) is 13.0. The van der Waals surface area contributed by atoms with E-state index in [-0.39, 0.29) is 0 Å². The number of hydrogen-bond donors (Lipinski definition) is 1. The van der Waals surface area contributed by atoms with Gasteiger partial charge >= 0.3 is 0 Å². The predicted octanol–water partition coefficient (Wildman–Crippen LogP) is 6.18. The minimum Gasteiger partial charge on any atom is -0.149 e. The summed E-state index contributed by atoms with van der Waals surface area (Å²) in [7, 11) is 0. The summed E-state index contributed by atoms with van der Waals surface area (Å²) >= 11 is 9.78. The standard InChI is InChI=1S/C16H12S4/c1-2-13(17)14-7-8-16(20-14)15-6-5-12(19-15)10-11-4-3-9-18-11/h3-9,17H,1,10H2. The molecule has 0 unspecified atom stereocenters. The predicted molar refractivity (Wildman–Crippen MR) is 96.3 cm³/mol. The maximum absolute atomic E-state index is 4.37. The van der Waals surface area contributed by atoms with Crippen molar-refractivity contribution < 1.29 is 0 Å². The molecule has 3 aromatic heterocycles. The van der Waals surface area contributed by atoms with E-state index in [2.05, 4.69) is 66.7 Å². The summed E-state index contributed by atoms with van der Waals surface area (Å²) in [5.74, 6) is 0. The Morgan fingerprint density at radius 3 is 2.60 bits per heavy atom. The minimum absolute atomic E-state index is 0.816. The fraction of sp³-hybridized carbons (Fsp3) is 0.0625. The molecule has 0 bridgehead atoms. The average molecular weight is 333 g/mol. The highest BCUT2D eigenvalue weighted by Crippen LogP contribution is 2.37. The molecular formula is C16H12S4. The molecule has 0 nitrogen and oxygen atoms in total. The second kappa shape index (κ2) is 6.17. The largest absolute Gasteiger partial charge is 0.149 e.